The average Bonchev–Trinajstić information content (AvgIpc) is 3.00. The van der Waals surface area contributed by atoms with Gasteiger partial charge < -0.3 is 9.47 Å². The van der Waals surface area contributed by atoms with Crippen LogP contribution in [0.2, 0.25) is 5.02 Å². The van der Waals surface area contributed by atoms with Crippen molar-refractivity contribution in [3.8, 4) is 11.5 Å². The van der Waals surface area contributed by atoms with Gasteiger partial charge in [-0.2, -0.15) is 0 Å². The summed E-state index contributed by atoms with van der Waals surface area (Å²) in [6, 6.07) is 12.9. The minimum atomic E-state index is -0.0530. The van der Waals surface area contributed by atoms with E-state index in [0.29, 0.717) is 46.5 Å². The van der Waals surface area contributed by atoms with Crippen molar-refractivity contribution in [2.75, 3.05) is 19.8 Å². The minimum absolute atomic E-state index is 0.0530. The Hall–Kier alpha value is -2.44. The largest absolute Gasteiger partial charge is 0.494 e. The molecule has 1 saturated heterocycles. The lowest BCUT2D eigenvalue weighted by atomic mass is 10.1. The van der Waals surface area contributed by atoms with Crippen LogP contribution in [-0.4, -0.2) is 35.7 Å². The van der Waals surface area contributed by atoms with Crippen LogP contribution in [0.25, 0.3) is 6.08 Å². The van der Waals surface area contributed by atoms with E-state index in [2.05, 4.69) is 13.8 Å². The highest BCUT2D eigenvalue weighted by atomic mass is 35.5. The zero-order valence-corrected chi connectivity index (χ0v) is 19.8. The smallest absolute Gasteiger partial charge is 0.266 e. The Morgan fingerprint density at radius 3 is 2.45 bits per heavy atom. The number of hydrogen-bond donors (Lipinski definition) is 0. The van der Waals surface area contributed by atoms with Gasteiger partial charge in [0.25, 0.3) is 5.91 Å². The number of amides is 1. The Balaban J connectivity index is 1.97. The number of nitrogens with zero attached hydrogens (tertiary/aromatic N) is 2. The van der Waals surface area contributed by atoms with Crippen molar-refractivity contribution in [3.63, 3.8) is 0 Å². The summed E-state index contributed by atoms with van der Waals surface area (Å²) in [5, 5.41) is 1.31. The normalized spacial score (nSPS) is 16.6. The summed E-state index contributed by atoms with van der Waals surface area (Å²) in [6.07, 6.45) is 1.87. The molecule has 0 unspecified atom stereocenters. The second-order valence-electron chi connectivity index (χ2n) is 7.36. The Morgan fingerprint density at radius 2 is 1.81 bits per heavy atom. The molecule has 3 rings (SSSR count). The molecule has 164 valence electrons. The SMILES string of the molecule is CCOc1ccc(/C=C2\SC(=Nc3ccc(Cl)cc3)N(CC(C)C)C2=O)c(OCC)c1. The molecular formula is C24H27ClN2O3S. The van der Waals surface area contributed by atoms with Gasteiger partial charge in [0.05, 0.1) is 23.8 Å². The molecule has 1 heterocycles. The summed E-state index contributed by atoms with van der Waals surface area (Å²) < 4.78 is 11.4. The number of ether oxygens (including phenoxy) is 2. The molecule has 0 aromatic heterocycles. The van der Waals surface area contributed by atoms with Gasteiger partial charge in [-0.05, 0) is 74.0 Å². The highest BCUT2D eigenvalue weighted by Gasteiger charge is 2.34. The fraction of sp³-hybridized carbons (Fsp3) is 0.333. The van der Waals surface area contributed by atoms with Crippen LogP contribution in [0, 0.1) is 5.92 Å². The third-order valence-corrected chi connectivity index (χ3v) is 5.63. The molecule has 1 fully saturated rings. The first-order valence-electron chi connectivity index (χ1n) is 10.4. The molecule has 0 spiro atoms. The van der Waals surface area contributed by atoms with Crippen LogP contribution in [0.1, 0.15) is 33.3 Å². The lowest BCUT2D eigenvalue weighted by molar-refractivity contribution is -0.122. The molecule has 1 aliphatic rings. The molecular weight excluding hydrogens is 432 g/mol. The topological polar surface area (TPSA) is 51.1 Å². The van der Waals surface area contributed by atoms with Gasteiger partial charge in [-0.1, -0.05) is 25.4 Å². The van der Waals surface area contributed by atoms with Crippen molar-refractivity contribution in [1.82, 2.24) is 4.90 Å². The lowest BCUT2D eigenvalue weighted by Gasteiger charge is -2.17. The summed E-state index contributed by atoms with van der Waals surface area (Å²) >= 11 is 7.36. The molecule has 0 aliphatic carbocycles. The van der Waals surface area contributed by atoms with Gasteiger partial charge in [-0.3, -0.25) is 9.69 Å². The number of rotatable bonds is 8. The summed E-state index contributed by atoms with van der Waals surface area (Å²) in [6.45, 7) is 9.73. The van der Waals surface area contributed by atoms with Gasteiger partial charge in [0.1, 0.15) is 11.5 Å². The van der Waals surface area contributed by atoms with E-state index >= 15 is 0 Å². The van der Waals surface area contributed by atoms with E-state index < -0.39 is 0 Å². The number of carbonyl (C=O) groups is 1. The maximum Gasteiger partial charge on any atom is 0.266 e. The van der Waals surface area contributed by atoms with Gasteiger partial charge in [0.2, 0.25) is 0 Å². The Morgan fingerprint density at radius 1 is 1.10 bits per heavy atom. The second kappa shape index (κ2) is 10.7. The number of hydrogen-bond acceptors (Lipinski definition) is 5. The van der Waals surface area contributed by atoms with Gasteiger partial charge in [-0.15, -0.1) is 0 Å². The zero-order chi connectivity index (χ0) is 22.4. The number of benzene rings is 2. The van der Waals surface area contributed by atoms with Crippen molar-refractivity contribution in [3.05, 3.63) is 58.0 Å². The molecule has 0 radical (unpaired) electrons. The Bertz CT molecular complexity index is 987. The number of amidine groups is 1. The lowest BCUT2D eigenvalue weighted by Crippen LogP contribution is -2.32. The molecule has 1 aliphatic heterocycles. The predicted octanol–water partition coefficient (Wildman–Crippen LogP) is 6.40. The second-order valence-corrected chi connectivity index (χ2v) is 8.80. The van der Waals surface area contributed by atoms with Crippen LogP contribution in [0.3, 0.4) is 0 Å². The van der Waals surface area contributed by atoms with Crippen molar-refractivity contribution in [2.24, 2.45) is 10.9 Å². The molecule has 7 heteroatoms. The van der Waals surface area contributed by atoms with E-state index in [1.54, 1.807) is 17.0 Å². The molecule has 0 bridgehead atoms. The minimum Gasteiger partial charge on any atom is -0.494 e. The van der Waals surface area contributed by atoms with Crippen LogP contribution >= 0.6 is 23.4 Å². The van der Waals surface area contributed by atoms with E-state index in [9.17, 15) is 4.79 Å². The van der Waals surface area contributed by atoms with Crippen LogP contribution in [-0.2, 0) is 4.79 Å². The number of aliphatic imine (C=N–C) groups is 1. The summed E-state index contributed by atoms with van der Waals surface area (Å²) in [7, 11) is 0. The third-order valence-electron chi connectivity index (χ3n) is 4.37. The highest BCUT2D eigenvalue weighted by molar-refractivity contribution is 8.18. The fourth-order valence-corrected chi connectivity index (χ4v) is 4.18. The standard InChI is InChI=1S/C24H27ClN2O3S/c1-5-29-20-12-7-17(21(14-20)30-6-2)13-22-23(28)27(15-16(3)4)24(31-22)26-19-10-8-18(25)9-11-19/h7-14,16H,5-6,15H2,1-4H3/b22-13-,26-24?. The first-order valence-corrected chi connectivity index (χ1v) is 11.6. The monoisotopic (exact) mass is 458 g/mol. The predicted molar refractivity (Wildman–Crippen MR) is 129 cm³/mol. The molecule has 0 atom stereocenters. The van der Waals surface area contributed by atoms with E-state index in [1.807, 2.05) is 50.3 Å². The van der Waals surface area contributed by atoms with Crippen LogP contribution in [0.15, 0.2) is 52.4 Å². The van der Waals surface area contributed by atoms with Crippen molar-refractivity contribution >= 4 is 46.2 Å². The maximum atomic E-state index is 13.2. The van der Waals surface area contributed by atoms with E-state index in [1.165, 1.54) is 11.8 Å². The van der Waals surface area contributed by atoms with E-state index in [0.717, 1.165) is 17.0 Å². The van der Waals surface area contributed by atoms with E-state index in [-0.39, 0.29) is 5.91 Å². The molecule has 0 saturated carbocycles. The van der Waals surface area contributed by atoms with Gasteiger partial charge >= 0.3 is 0 Å². The number of halogens is 1. The molecule has 31 heavy (non-hydrogen) atoms. The first-order chi connectivity index (χ1) is 14.9. The number of thioether (sulfide) groups is 1. The average molecular weight is 459 g/mol. The summed E-state index contributed by atoms with van der Waals surface area (Å²) in [4.78, 5) is 20.3. The van der Waals surface area contributed by atoms with E-state index in [4.69, 9.17) is 26.1 Å². The molecule has 5 nitrogen and oxygen atoms in total. The van der Waals surface area contributed by atoms with Crippen LogP contribution in [0.5, 0.6) is 11.5 Å². The van der Waals surface area contributed by atoms with Gasteiger partial charge in [0.15, 0.2) is 5.17 Å². The summed E-state index contributed by atoms with van der Waals surface area (Å²) in [5.74, 6) is 1.68. The quantitative estimate of drug-likeness (QED) is 0.429. The summed E-state index contributed by atoms with van der Waals surface area (Å²) in [5.41, 5.74) is 1.59. The molecule has 0 N–H and O–H groups in total. The molecule has 2 aromatic carbocycles. The first kappa shape index (κ1) is 23.2. The molecule has 2 aromatic rings. The van der Waals surface area contributed by atoms with Crippen LogP contribution < -0.4 is 9.47 Å². The Labute approximate surface area is 193 Å². The Kier molecular flexibility index (Phi) is 8.04. The van der Waals surface area contributed by atoms with Crippen molar-refractivity contribution in [2.45, 2.75) is 27.7 Å². The number of carbonyl (C=O) groups excluding carboxylic acids is 1. The highest BCUT2D eigenvalue weighted by Crippen LogP contribution is 2.37. The van der Waals surface area contributed by atoms with Crippen molar-refractivity contribution < 1.29 is 14.3 Å². The zero-order valence-electron chi connectivity index (χ0n) is 18.2. The van der Waals surface area contributed by atoms with Gasteiger partial charge in [0, 0.05) is 23.2 Å². The third kappa shape index (κ3) is 6.05. The maximum absolute atomic E-state index is 13.2. The molecule has 1 amide bonds. The fourth-order valence-electron chi connectivity index (χ4n) is 3.06. The van der Waals surface area contributed by atoms with Crippen molar-refractivity contribution in [1.29, 1.82) is 0 Å². The van der Waals surface area contributed by atoms with Gasteiger partial charge in [-0.25, -0.2) is 4.99 Å². The van der Waals surface area contributed by atoms with Crippen LogP contribution in [0.4, 0.5) is 5.69 Å².